The van der Waals surface area contributed by atoms with Crippen LogP contribution in [0.25, 0.3) is 0 Å². The van der Waals surface area contributed by atoms with Gasteiger partial charge < -0.3 is 10.4 Å². The molecular formula is C16H20FNO3. The van der Waals surface area contributed by atoms with E-state index in [1.54, 1.807) is 19.1 Å². The van der Waals surface area contributed by atoms with Crippen molar-refractivity contribution in [2.24, 2.45) is 17.8 Å². The van der Waals surface area contributed by atoms with Gasteiger partial charge in [0.2, 0.25) is 5.91 Å². The second-order valence-corrected chi connectivity index (χ2v) is 5.91. The Labute approximate surface area is 123 Å². The molecule has 21 heavy (non-hydrogen) atoms. The van der Waals surface area contributed by atoms with Crippen LogP contribution in [0.3, 0.4) is 0 Å². The summed E-state index contributed by atoms with van der Waals surface area (Å²) < 4.78 is 12.9. The zero-order valence-electron chi connectivity index (χ0n) is 12.2. The lowest BCUT2D eigenvalue weighted by atomic mass is 9.94. The molecule has 4 nitrogen and oxygen atoms in total. The first-order valence-electron chi connectivity index (χ1n) is 7.17. The minimum atomic E-state index is -0.908. The summed E-state index contributed by atoms with van der Waals surface area (Å²) in [5, 5.41) is 12.0. The van der Waals surface area contributed by atoms with Crippen LogP contribution in [0.2, 0.25) is 0 Å². The Balaban J connectivity index is 2.03. The van der Waals surface area contributed by atoms with Crippen LogP contribution in [0.4, 0.5) is 4.39 Å². The summed E-state index contributed by atoms with van der Waals surface area (Å²) in [5.74, 6) is -2.32. The standard InChI is InChI=1S/C16H20FNO3/c1-9-7-13(14(8-9)16(20)21)15(19)18-10(2)11-3-5-12(17)6-4-11/h3-6,9-10,13-14H,7-8H2,1-2H3,(H,18,19)(H,20,21). The van der Waals surface area contributed by atoms with Crippen LogP contribution in [0.5, 0.6) is 0 Å². The van der Waals surface area contributed by atoms with Crippen molar-refractivity contribution in [3.63, 3.8) is 0 Å². The minimum Gasteiger partial charge on any atom is -0.481 e. The van der Waals surface area contributed by atoms with Crippen LogP contribution >= 0.6 is 0 Å². The van der Waals surface area contributed by atoms with Crippen molar-refractivity contribution < 1.29 is 19.1 Å². The third kappa shape index (κ3) is 3.60. The third-order valence-electron chi connectivity index (χ3n) is 4.18. The Bertz CT molecular complexity index is 529. The number of carboxylic acids is 1. The number of hydrogen-bond donors (Lipinski definition) is 2. The van der Waals surface area contributed by atoms with E-state index < -0.39 is 17.8 Å². The molecule has 0 radical (unpaired) electrons. The highest BCUT2D eigenvalue weighted by atomic mass is 19.1. The molecule has 5 heteroatoms. The topological polar surface area (TPSA) is 66.4 Å². The highest BCUT2D eigenvalue weighted by Gasteiger charge is 2.41. The van der Waals surface area contributed by atoms with E-state index in [0.717, 1.165) is 5.56 Å². The molecule has 0 spiro atoms. The van der Waals surface area contributed by atoms with Gasteiger partial charge in [0.05, 0.1) is 17.9 Å². The Kier molecular flexibility index (Phi) is 4.60. The summed E-state index contributed by atoms with van der Waals surface area (Å²) in [5.41, 5.74) is 0.794. The largest absolute Gasteiger partial charge is 0.481 e. The van der Waals surface area contributed by atoms with Gasteiger partial charge >= 0.3 is 5.97 Å². The first-order valence-corrected chi connectivity index (χ1v) is 7.17. The summed E-state index contributed by atoms with van der Waals surface area (Å²) in [4.78, 5) is 23.5. The Morgan fingerprint density at radius 1 is 1.24 bits per heavy atom. The zero-order valence-corrected chi connectivity index (χ0v) is 12.2. The highest BCUT2D eigenvalue weighted by Crippen LogP contribution is 2.36. The van der Waals surface area contributed by atoms with Crippen LogP contribution < -0.4 is 5.32 Å². The van der Waals surface area contributed by atoms with E-state index in [1.165, 1.54) is 12.1 Å². The van der Waals surface area contributed by atoms with Crippen molar-refractivity contribution in [1.82, 2.24) is 5.32 Å². The van der Waals surface area contributed by atoms with Gasteiger partial charge in [-0.05, 0) is 43.4 Å². The van der Waals surface area contributed by atoms with Crippen molar-refractivity contribution in [1.29, 1.82) is 0 Å². The number of amides is 1. The summed E-state index contributed by atoms with van der Waals surface area (Å²) in [7, 11) is 0. The summed E-state index contributed by atoms with van der Waals surface area (Å²) in [6, 6.07) is 5.65. The molecule has 0 aromatic heterocycles. The van der Waals surface area contributed by atoms with Gasteiger partial charge in [0.15, 0.2) is 0 Å². The second-order valence-electron chi connectivity index (χ2n) is 5.91. The molecule has 2 rings (SSSR count). The first kappa shape index (κ1) is 15.5. The van der Waals surface area contributed by atoms with E-state index in [0.29, 0.717) is 12.8 Å². The van der Waals surface area contributed by atoms with Gasteiger partial charge in [-0.1, -0.05) is 19.1 Å². The van der Waals surface area contributed by atoms with Gasteiger partial charge in [-0.2, -0.15) is 0 Å². The lowest BCUT2D eigenvalue weighted by Gasteiger charge is -2.20. The molecule has 0 aliphatic heterocycles. The number of carbonyl (C=O) groups excluding carboxylic acids is 1. The van der Waals surface area contributed by atoms with Crippen molar-refractivity contribution in [2.45, 2.75) is 32.7 Å². The molecule has 0 saturated heterocycles. The summed E-state index contributed by atoms with van der Waals surface area (Å²) >= 11 is 0. The minimum absolute atomic E-state index is 0.233. The van der Waals surface area contributed by atoms with Crippen LogP contribution in [0.15, 0.2) is 24.3 Å². The van der Waals surface area contributed by atoms with E-state index in [2.05, 4.69) is 5.32 Å². The molecule has 1 fully saturated rings. The summed E-state index contributed by atoms with van der Waals surface area (Å²) in [6.07, 6.45) is 1.14. The molecule has 1 saturated carbocycles. The second kappa shape index (κ2) is 6.24. The van der Waals surface area contributed by atoms with Gasteiger partial charge in [0, 0.05) is 0 Å². The lowest BCUT2D eigenvalue weighted by Crippen LogP contribution is -2.36. The maximum Gasteiger partial charge on any atom is 0.307 e. The molecule has 1 amide bonds. The normalized spacial score (nSPS) is 26.3. The predicted octanol–water partition coefficient (Wildman–Crippen LogP) is 2.75. The smallest absolute Gasteiger partial charge is 0.307 e. The Morgan fingerprint density at radius 2 is 1.81 bits per heavy atom. The van der Waals surface area contributed by atoms with Gasteiger partial charge in [-0.15, -0.1) is 0 Å². The molecule has 1 aromatic rings. The molecule has 114 valence electrons. The zero-order chi connectivity index (χ0) is 15.6. The lowest BCUT2D eigenvalue weighted by molar-refractivity contribution is -0.146. The van der Waals surface area contributed by atoms with E-state index in [4.69, 9.17) is 0 Å². The van der Waals surface area contributed by atoms with Crippen molar-refractivity contribution in [3.05, 3.63) is 35.6 Å². The Hall–Kier alpha value is -1.91. The fourth-order valence-electron chi connectivity index (χ4n) is 3.01. The third-order valence-corrected chi connectivity index (χ3v) is 4.18. The quantitative estimate of drug-likeness (QED) is 0.897. The predicted molar refractivity (Wildman–Crippen MR) is 76.0 cm³/mol. The summed E-state index contributed by atoms with van der Waals surface area (Å²) in [6.45, 7) is 3.77. The average Bonchev–Trinajstić information content (AvgIpc) is 2.82. The number of aliphatic carboxylic acids is 1. The van der Waals surface area contributed by atoms with Gasteiger partial charge in [-0.25, -0.2) is 4.39 Å². The number of carboxylic acid groups (broad SMARTS) is 1. The molecule has 4 atom stereocenters. The molecule has 0 heterocycles. The van der Waals surface area contributed by atoms with Gasteiger partial charge in [0.25, 0.3) is 0 Å². The van der Waals surface area contributed by atoms with E-state index >= 15 is 0 Å². The number of hydrogen-bond acceptors (Lipinski definition) is 2. The van der Waals surface area contributed by atoms with E-state index in [9.17, 15) is 19.1 Å². The van der Waals surface area contributed by atoms with Crippen LogP contribution in [-0.2, 0) is 9.59 Å². The van der Waals surface area contributed by atoms with Crippen LogP contribution in [-0.4, -0.2) is 17.0 Å². The van der Waals surface area contributed by atoms with Crippen LogP contribution in [0, 0.1) is 23.6 Å². The fraction of sp³-hybridized carbons (Fsp3) is 0.500. The number of nitrogens with one attached hydrogen (secondary N) is 1. The molecule has 4 unspecified atom stereocenters. The molecule has 1 aliphatic carbocycles. The SMILES string of the molecule is CC1CC(C(=O)O)C(C(=O)NC(C)c2ccc(F)cc2)C1. The number of benzene rings is 1. The number of rotatable bonds is 4. The molecule has 2 N–H and O–H groups in total. The fourth-order valence-corrected chi connectivity index (χ4v) is 3.01. The maximum atomic E-state index is 12.9. The van der Waals surface area contributed by atoms with Gasteiger partial charge in [-0.3, -0.25) is 9.59 Å². The monoisotopic (exact) mass is 293 g/mol. The maximum absolute atomic E-state index is 12.9. The van der Waals surface area contributed by atoms with Crippen molar-refractivity contribution in [3.8, 4) is 0 Å². The van der Waals surface area contributed by atoms with Crippen molar-refractivity contribution in [2.75, 3.05) is 0 Å². The number of carbonyl (C=O) groups is 2. The molecule has 1 aromatic carbocycles. The van der Waals surface area contributed by atoms with E-state index in [1.807, 2.05) is 6.92 Å². The van der Waals surface area contributed by atoms with Crippen LogP contribution in [0.1, 0.15) is 38.3 Å². The van der Waals surface area contributed by atoms with Crippen molar-refractivity contribution >= 4 is 11.9 Å². The average molecular weight is 293 g/mol. The molecule has 0 bridgehead atoms. The van der Waals surface area contributed by atoms with E-state index in [-0.39, 0.29) is 23.7 Å². The van der Waals surface area contributed by atoms with Gasteiger partial charge in [0.1, 0.15) is 5.82 Å². The Morgan fingerprint density at radius 3 is 2.38 bits per heavy atom. The highest BCUT2D eigenvalue weighted by molar-refractivity contribution is 5.85. The number of halogens is 1. The molecular weight excluding hydrogens is 273 g/mol. The first-order chi connectivity index (χ1) is 9.88. The molecule has 1 aliphatic rings.